The number of alkyl halides is 3. The molecule has 0 unspecified atom stereocenters. The summed E-state index contributed by atoms with van der Waals surface area (Å²) in [5, 5.41) is 2.59. The Morgan fingerprint density at radius 2 is 2.05 bits per heavy atom. The first-order chi connectivity index (χ1) is 9.36. The van der Waals surface area contributed by atoms with E-state index in [1.54, 1.807) is 12.3 Å². The highest BCUT2D eigenvalue weighted by molar-refractivity contribution is 6.29. The molecular formula is C13H11ClF3N3. The molecule has 3 nitrogen and oxygen atoms in total. The molecule has 0 fully saturated rings. The fraction of sp³-hybridized carbons (Fsp3) is 0.231. The molecule has 0 bridgehead atoms. The highest BCUT2D eigenvalue weighted by Crippen LogP contribution is 2.32. The van der Waals surface area contributed by atoms with Crippen LogP contribution >= 0.6 is 11.6 Å². The number of nitrogens with one attached hydrogen (secondary N) is 1. The van der Waals surface area contributed by atoms with Crippen LogP contribution in [-0.2, 0) is 12.7 Å². The number of aryl methyl sites for hydroxylation is 1. The van der Waals surface area contributed by atoms with E-state index in [-0.39, 0.29) is 17.5 Å². The molecule has 106 valence electrons. The molecule has 0 saturated carbocycles. The van der Waals surface area contributed by atoms with Crippen molar-refractivity contribution in [2.45, 2.75) is 19.6 Å². The van der Waals surface area contributed by atoms with E-state index in [0.29, 0.717) is 0 Å². The van der Waals surface area contributed by atoms with Crippen molar-refractivity contribution in [1.29, 1.82) is 0 Å². The van der Waals surface area contributed by atoms with Crippen LogP contribution in [0.1, 0.15) is 16.8 Å². The van der Waals surface area contributed by atoms with Crippen LogP contribution in [0.25, 0.3) is 0 Å². The zero-order valence-corrected chi connectivity index (χ0v) is 11.3. The minimum atomic E-state index is -4.45. The molecule has 20 heavy (non-hydrogen) atoms. The van der Waals surface area contributed by atoms with Crippen LogP contribution in [0.4, 0.5) is 19.0 Å². The summed E-state index contributed by atoms with van der Waals surface area (Å²) in [5.74, 6) is 0.0647. The fourth-order valence-electron chi connectivity index (χ4n) is 1.63. The largest absolute Gasteiger partial charge is 0.416 e. The molecule has 2 aromatic rings. The molecule has 2 heterocycles. The Balaban J connectivity index is 2.18. The van der Waals surface area contributed by atoms with Gasteiger partial charge in [-0.2, -0.15) is 13.2 Å². The summed E-state index contributed by atoms with van der Waals surface area (Å²) in [6.45, 7) is 2.15. The molecule has 2 rings (SSSR count). The SMILES string of the molecule is Cc1cccnc1CNc1cc(C(F)(F)F)cc(Cl)n1. The molecule has 0 atom stereocenters. The number of halogens is 4. The first-order valence-electron chi connectivity index (χ1n) is 5.75. The van der Waals surface area contributed by atoms with Crippen molar-refractivity contribution in [3.05, 3.63) is 52.4 Å². The standard InChI is InChI=1S/C13H11ClF3N3/c1-8-3-2-4-18-10(8)7-19-12-6-9(13(15,16)17)5-11(14)20-12/h2-6H,7H2,1H3,(H,19,20). The van der Waals surface area contributed by atoms with Gasteiger partial charge in [0, 0.05) is 6.20 Å². The van der Waals surface area contributed by atoms with E-state index < -0.39 is 11.7 Å². The van der Waals surface area contributed by atoms with Crippen molar-refractivity contribution in [2.75, 3.05) is 5.32 Å². The summed E-state index contributed by atoms with van der Waals surface area (Å²) in [5.41, 5.74) is 0.846. The lowest BCUT2D eigenvalue weighted by atomic mass is 10.2. The van der Waals surface area contributed by atoms with Gasteiger partial charge in [-0.05, 0) is 30.7 Å². The summed E-state index contributed by atoms with van der Waals surface area (Å²) in [7, 11) is 0. The van der Waals surface area contributed by atoms with Gasteiger partial charge in [0.2, 0.25) is 0 Å². The van der Waals surface area contributed by atoms with E-state index in [2.05, 4.69) is 15.3 Å². The third-order valence-electron chi connectivity index (χ3n) is 2.68. The Kier molecular flexibility index (Phi) is 4.13. The summed E-state index contributed by atoms with van der Waals surface area (Å²) < 4.78 is 37.9. The number of hydrogen-bond donors (Lipinski definition) is 1. The van der Waals surface area contributed by atoms with Crippen molar-refractivity contribution in [3.63, 3.8) is 0 Å². The summed E-state index contributed by atoms with van der Waals surface area (Å²) in [6.07, 6.45) is -2.83. The average Bonchev–Trinajstić information content (AvgIpc) is 2.36. The molecule has 0 amide bonds. The molecule has 7 heteroatoms. The number of aromatic nitrogens is 2. The van der Waals surface area contributed by atoms with Crippen molar-refractivity contribution >= 4 is 17.4 Å². The molecule has 0 saturated heterocycles. The van der Waals surface area contributed by atoms with Gasteiger partial charge in [0.25, 0.3) is 0 Å². The van der Waals surface area contributed by atoms with E-state index >= 15 is 0 Å². The van der Waals surface area contributed by atoms with Gasteiger partial charge in [-0.3, -0.25) is 4.98 Å². The van der Waals surface area contributed by atoms with Gasteiger partial charge >= 0.3 is 6.18 Å². The van der Waals surface area contributed by atoms with Crippen molar-refractivity contribution in [2.24, 2.45) is 0 Å². The number of rotatable bonds is 3. The predicted molar refractivity (Wildman–Crippen MR) is 70.5 cm³/mol. The van der Waals surface area contributed by atoms with Gasteiger partial charge in [0.05, 0.1) is 17.8 Å². The Morgan fingerprint density at radius 3 is 2.70 bits per heavy atom. The van der Waals surface area contributed by atoms with E-state index in [4.69, 9.17) is 11.6 Å². The first-order valence-corrected chi connectivity index (χ1v) is 6.13. The Morgan fingerprint density at radius 1 is 1.30 bits per heavy atom. The van der Waals surface area contributed by atoms with E-state index in [9.17, 15) is 13.2 Å². The number of nitrogens with zero attached hydrogens (tertiary/aromatic N) is 2. The highest BCUT2D eigenvalue weighted by Gasteiger charge is 2.31. The second-order valence-electron chi connectivity index (χ2n) is 4.18. The van der Waals surface area contributed by atoms with Gasteiger partial charge in [-0.25, -0.2) is 4.98 Å². The van der Waals surface area contributed by atoms with Gasteiger partial charge in [0.15, 0.2) is 0 Å². The predicted octanol–water partition coefficient (Wildman–Crippen LogP) is 4.07. The van der Waals surface area contributed by atoms with Crippen molar-refractivity contribution in [1.82, 2.24) is 9.97 Å². The van der Waals surface area contributed by atoms with Crippen LogP contribution in [-0.4, -0.2) is 9.97 Å². The molecule has 0 aliphatic heterocycles. The summed E-state index contributed by atoms with van der Waals surface area (Å²) in [4.78, 5) is 7.96. The second-order valence-corrected chi connectivity index (χ2v) is 4.57. The molecular weight excluding hydrogens is 291 g/mol. The maximum absolute atomic E-state index is 12.6. The zero-order chi connectivity index (χ0) is 14.8. The molecule has 2 aromatic heterocycles. The van der Waals surface area contributed by atoms with E-state index in [1.807, 2.05) is 13.0 Å². The number of anilines is 1. The highest BCUT2D eigenvalue weighted by atomic mass is 35.5. The van der Waals surface area contributed by atoms with Crippen molar-refractivity contribution < 1.29 is 13.2 Å². The maximum Gasteiger partial charge on any atom is 0.416 e. The maximum atomic E-state index is 12.6. The monoisotopic (exact) mass is 301 g/mol. The minimum absolute atomic E-state index is 0.0647. The van der Waals surface area contributed by atoms with Gasteiger partial charge < -0.3 is 5.32 Å². The zero-order valence-electron chi connectivity index (χ0n) is 10.5. The molecule has 0 aliphatic carbocycles. The average molecular weight is 302 g/mol. The quantitative estimate of drug-likeness (QED) is 0.868. The molecule has 0 aliphatic rings. The van der Waals surface area contributed by atoms with Gasteiger partial charge in [-0.1, -0.05) is 17.7 Å². The smallest absolute Gasteiger partial charge is 0.364 e. The van der Waals surface area contributed by atoms with E-state index in [1.165, 1.54) is 0 Å². The lowest BCUT2D eigenvalue weighted by Crippen LogP contribution is -2.09. The third kappa shape index (κ3) is 3.60. The Labute approximate surface area is 118 Å². The topological polar surface area (TPSA) is 37.8 Å². The lowest BCUT2D eigenvalue weighted by Gasteiger charge is -2.11. The van der Waals surface area contributed by atoms with Crippen LogP contribution < -0.4 is 5.32 Å². The first kappa shape index (κ1) is 14.6. The van der Waals surface area contributed by atoms with Crippen molar-refractivity contribution in [3.8, 4) is 0 Å². The summed E-state index contributed by atoms with van der Waals surface area (Å²) >= 11 is 5.60. The van der Waals surface area contributed by atoms with Gasteiger partial charge in [0.1, 0.15) is 11.0 Å². The Bertz CT molecular complexity index is 614. The Hall–Kier alpha value is -1.82. The molecule has 0 radical (unpaired) electrons. The lowest BCUT2D eigenvalue weighted by molar-refractivity contribution is -0.137. The van der Waals surface area contributed by atoms with Gasteiger partial charge in [-0.15, -0.1) is 0 Å². The van der Waals surface area contributed by atoms with E-state index in [0.717, 1.165) is 23.4 Å². The number of hydrogen-bond acceptors (Lipinski definition) is 3. The van der Waals surface area contributed by atoms with Crippen LogP contribution in [0.15, 0.2) is 30.5 Å². The molecule has 0 spiro atoms. The van der Waals surface area contributed by atoms with Crippen LogP contribution in [0.2, 0.25) is 5.15 Å². The van der Waals surface area contributed by atoms with Crippen LogP contribution in [0, 0.1) is 6.92 Å². The molecule has 0 aromatic carbocycles. The second kappa shape index (κ2) is 5.66. The van der Waals surface area contributed by atoms with Crippen LogP contribution in [0.5, 0.6) is 0 Å². The number of pyridine rings is 2. The molecule has 1 N–H and O–H groups in total. The summed E-state index contributed by atoms with van der Waals surface area (Å²) in [6, 6.07) is 5.37. The van der Waals surface area contributed by atoms with Crippen LogP contribution in [0.3, 0.4) is 0 Å². The third-order valence-corrected chi connectivity index (χ3v) is 2.87. The fourth-order valence-corrected chi connectivity index (χ4v) is 1.84. The minimum Gasteiger partial charge on any atom is -0.364 e. The normalized spacial score (nSPS) is 11.4.